The topological polar surface area (TPSA) is 74.6 Å². The average molecular weight is 398 g/mol. The van der Waals surface area contributed by atoms with E-state index in [0.717, 1.165) is 18.8 Å². The first kappa shape index (κ1) is 19.7. The van der Waals surface area contributed by atoms with Crippen molar-refractivity contribution in [1.29, 1.82) is 0 Å². The molecular weight excluding hydrogens is 374 g/mol. The van der Waals surface area contributed by atoms with Crippen LogP contribution in [-0.2, 0) is 0 Å². The van der Waals surface area contributed by atoms with Crippen LogP contribution in [0, 0.1) is 6.92 Å². The molecule has 0 saturated carbocycles. The number of aryl methyl sites for hydroxylation is 1. The molecule has 2 aromatic heterocycles. The maximum atomic E-state index is 12.4. The lowest BCUT2D eigenvalue weighted by atomic mass is 10.2. The summed E-state index contributed by atoms with van der Waals surface area (Å²) in [6, 6.07) is 15.0. The summed E-state index contributed by atoms with van der Waals surface area (Å²) >= 11 is 1.23. The first-order valence-corrected chi connectivity index (χ1v) is 9.93. The highest BCUT2D eigenvalue weighted by atomic mass is 32.1. The molecule has 0 unspecified atom stereocenters. The first-order chi connectivity index (χ1) is 13.6. The third-order valence-corrected chi connectivity index (χ3v) is 5.23. The van der Waals surface area contributed by atoms with Crippen molar-refractivity contribution >= 4 is 33.8 Å². The second-order valence-electron chi connectivity index (χ2n) is 6.27. The lowest BCUT2D eigenvalue weighted by Gasteiger charge is -2.23. The van der Waals surface area contributed by atoms with E-state index in [1.54, 1.807) is 24.3 Å². The number of carbonyl (C=O) groups excluding carboxylic acids is 2. The van der Waals surface area contributed by atoms with Gasteiger partial charge in [0.2, 0.25) is 0 Å². The quantitative estimate of drug-likeness (QED) is 0.599. The standard InChI is InChI=1S/C21H23N3O3S/c1-3-24(16-7-4-6-15(2)14-16)12-11-22-21(26)18-9-10-19(28-18)23-20(25)17-8-5-13-27-17/h4-10,13-14H,3,11-12H2,1-2H3,(H,22,26)(H,23,25). The molecule has 0 aliphatic heterocycles. The number of hydrogen-bond donors (Lipinski definition) is 2. The molecule has 2 N–H and O–H groups in total. The molecule has 3 rings (SSSR count). The van der Waals surface area contributed by atoms with Gasteiger partial charge in [0.05, 0.1) is 16.1 Å². The molecule has 6 nitrogen and oxygen atoms in total. The summed E-state index contributed by atoms with van der Waals surface area (Å²) in [5.74, 6) is -0.255. The average Bonchev–Trinajstić information content (AvgIpc) is 3.37. The maximum absolute atomic E-state index is 12.4. The Kier molecular flexibility index (Phi) is 6.49. The molecule has 2 heterocycles. The lowest BCUT2D eigenvalue weighted by Crippen LogP contribution is -2.34. The molecule has 0 radical (unpaired) electrons. The van der Waals surface area contributed by atoms with E-state index in [2.05, 4.69) is 47.6 Å². The van der Waals surface area contributed by atoms with Gasteiger partial charge < -0.3 is 20.0 Å². The molecule has 1 aromatic carbocycles. The SMILES string of the molecule is CCN(CCNC(=O)c1ccc(NC(=O)c2ccco2)s1)c1cccc(C)c1. The first-order valence-electron chi connectivity index (χ1n) is 9.11. The van der Waals surface area contributed by atoms with Gasteiger partial charge >= 0.3 is 0 Å². The third kappa shape index (κ3) is 5.01. The largest absolute Gasteiger partial charge is 0.459 e. The van der Waals surface area contributed by atoms with Crippen molar-refractivity contribution in [2.75, 3.05) is 29.9 Å². The Morgan fingerprint density at radius 3 is 2.68 bits per heavy atom. The summed E-state index contributed by atoms with van der Waals surface area (Å²) in [5.41, 5.74) is 2.36. The van der Waals surface area contributed by atoms with E-state index in [1.807, 2.05) is 6.07 Å². The van der Waals surface area contributed by atoms with Crippen LogP contribution >= 0.6 is 11.3 Å². The minimum Gasteiger partial charge on any atom is -0.459 e. The summed E-state index contributed by atoms with van der Waals surface area (Å²) in [6.07, 6.45) is 1.44. The molecule has 146 valence electrons. The van der Waals surface area contributed by atoms with E-state index in [1.165, 1.54) is 23.2 Å². The fourth-order valence-electron chi connectivity index (χ4n) is 2.79. The zero-order valence-electron chi connectivity index (χ0n) is 15.9. The molecule has 0 bridgehead atoms. The normalized spacial score (nSPS) is 10.5. The Morgan fingerprint density at radius 1 is 1.11 bits per heavy atom. The van der Waals surface area contributed by atoms with Gasteiger partial charge in [0, 0.05) is 25.3 Å². The van der Waals surface area contributed by atoms with Crippen LogP contribution in [0.2, 0.25) is 0 Å². The number of furan rings is 1. The van der Waals surface area contributed by atoms with Crippen LogP contribution < -0.4 is 15.5 Å². The van der Waals surface area contributed by atoms with E-state index >= 15 is 0 Å². The molecular formula is C21H23N3O3S. The van der Waals surface area contributed by atoms with Gasteiger partial charge in [-0.15, -0.1) is 11.3 Å². The summed E-state index contributed by atoms with van der Waals surface area (Å²) < 4.78 is 5.06. The Morgan fingerprint density at radius 2 is 1.96 bits per heavy atom. The van der Waals surface area contributed by atoms with E-state index in [9.17, 15) is 9.59 Å². The van der Waals surface area contributed by atoms with Gasteiger partial charge in [0.15, 0.2) is 5.76 Å². The van der Waals surface area contributed by atoms with Gasteiger partial charge in [-0.05, 0) is 55.8 Å². The van der Waals surface area contributed by atoms with Gasteiger partial charge in [-0.2, -0.15) is 0 Å². The highest BCUT2D eigenvalue weighted by Crippen LogP contribution is 2.22. The minimum atomic E-state index is -0.337. The van der Waals surface area contributed by atoms with Gasteiger partial charge in [0.1, 0.15) is 0 Å². The predicted molar refractivity (Wildman–Crippen MR) is 112 cm³/mol. The Hall–Kier alpha value is -3.06. The van der Waals surface area contributed by atoms with Crippen molar-refractivity contribution in [3.05, 3.63) is 71.0 Å². The third-order valence-electron chi connectivity index (χ3n) is 4.23. The number of benzene rings is 1. The number of thiophene rings is 1. The van der Waals surface area contributed by atoms with Crippen LogP contribution in [-0.4, -0.2) is 31.4 Å². The van der Waals surface area contributed by atoms with Crippen molar-refractivity contribution in [1.82, 2.24) is 5.32 Å². The number of carbonyl (C=O) groups is 2. The molecule has 0 aliphatic carbocycles. The number of nitrogens with one attached hydrogen (secondary N) is 2. The number of likely N-dealkylation sites (N-methyl/N-ethyl adjacent to an activating group) is 1. The summed E-state index contributed by atoms with van der Waals surface area (Å²) in [4.78, 5) is 27.1. The molecule has 2 amide bonds. The number of rotatable bonds is 8. The van der Waals surface area contributed by atoms with Crippen molar-refractivity contribution in [2.24, 2.45) is 0 Å². The molecule has 0 atom stereocenters. The number of amides is 2. The molecule has 7 heteroatoms. The number of nitrogens with zero attached hydrogens (tertiary/aromatic N) is 1. The second kappa shape index (κ2) is 9.23. The maximum Gasteiger partial charge on any atom is 0.291 e. The molecule has 28 heavy (non-hydrogen) atoms. The number of anilines is 2. The molecule has 0 saturated heterocycles. The van der Waals surface area contributed by atoms with Crippen molar-refractivity contribution in [2.45, 2.75) is 13.8 Å². The molecule has 0 aliphatic rings. The fraction of sp³-hybridized carbons (Fsp3) is 0.238. The molecule has 0 spiro atoms. The van der Waals surface area contributed by atoms with Gasteiger partial charge in [-0.25, -0.2) is 0 Å². The van der Waals surface area contributed by atoms with Crippen LogP contribution in [0.5, 0.6) is 0 Å². The fourth-order valence-corrected chi connectivity index (χ4v) is 3.61. The highest BCUT2D eigenvalue weighted by molar-refractivity contribution is 7.18. The Bertz CT molecular complexity index is 934. The lowest BCUT2D eigenvalue weighted by molar-refractivity contribution is 0.0957. The van der Waals surface area contributed by atoms with Gasteiger partial charge in [-0.3, -0.25) is 9.59 Å². The van der Waals surface area contributed by atoms with Crippen LogP contribution in [0.4, 0.5) is 10.7 Å². The van der Waals surface area contributed by atoms with E-state index in [4.69, 9.17) is 4.42 Å². The predicted octanol–water partition coefficient (Wildman–Crippen LogP) is 4.16. The van der Waals surface area contributed by atoms with E-state index < -0.39 is 0 Å². The van der Waals surface area contributed by atoms with Crippen LogP contribution in [0.3, 0.4) is 0 Å². The summed E-state index contributed by atoms with van der Waals surface area (Å²) in [7, 11) is 0. The van der Waals surface area contributed by atoms with Crippen molar-refractivity contribution in [3.63, 3.8) is 0 Å². The summed E-state index contributed by atoms with van der Waals surface area (Å²) in [5, 5.41) is 6.27. The molecule has 3 aromatic rings. The van der Waals surface area contributed by atoms with Gasteiger partial charge in [0.25, 0.3) is 11.8 Å². The van der Waals surface area contributed by atoms with Crippen LogP contribution in [0.15, 0.2) is 59.2 Å². The highest BCUT2D eigenvalue weighted by Gasteiger charge is 2.13. The Balaban J connectivity index is 1.51. The van der Waals surface area contributed by atoms with E-state index in [-0.39, 0.29) is 17.6 Å². The summed E-state index contributed by atoms with van der Waals surface area (Å²) in [6.45, 7) is 6.28. The second-order valence-corrected chi connectivity index (χ2v) is 7.35. The minimum absolute atomic E-state index is 0.149. The Labute approximate surface area is 168 Å². The van der Waals surface area contributed by atoms with Crippen LogP contribution in [0.25, 0.3) is 0 Å². The van der Waals surface area contributed by atoms with Gasteiger partial charge in [-0.1, -0.05) is 12.1 Å². The van der Waals surface area contributed by atoms with Crippen molar-refractivity contribution in [3.8, 4) is 0 Å². The van der Waals surface area contributed by atoms with Crippen LogP contribution in [0.1, 0.15) is 32.7 Å². The smallest absolute Gasteiger partial charge is 0.291 e. The zero-order chi connectivity index (χ0) is 19.9. The monoisotopic (exact) mass is 397 g/mol. The molecule has 0 fully saturated rings. The van der Waals surface area contributed by atoms with Crippen molar-refractivity contribution < 1.29 is 14.0 Å². The van der Waals surface area contributed by atoms with E-state index in [0.29, 0.717) is 16.4 Å². The number of hydrogen-bond acceptors (Lipinski definition) is 5. The zero-order valence-corrected chi connectivity index (χ0v) is 16.7.